The van der Waals surface area contributed by atoms with Crippen molar-refractivity contribution < 1.29 is 9.53 Å². The Hall–Kier alpha value is -1.58. The zero-order valence-electron chi connectivity index (χ0n) is 10.4. The first-order valence-electron chi connectivity index (χ1n) is 5.84. The number of hydrogen-bond donors (Lipinski definition) is 1. The Kier molecular flexibility index (Phi) is 3.05. The molecule has 0 unspecified atom stereocenters. The monoisotopic (exact) mass is 234 g/mol. The van der Waals surface area contributed by atoms with Crippen molar-refractivity contribution in [3.05, 3.63) is 30.1 Å². The van der Waals surface area contributed by atoms with Crippen LogP contribution in [0.25, 0.3) is 0 Å². The van der Waals surface area contributed by atoms with Crippen molar-refractivity contribution in [3.63, 3.8) is 0 Å². The Morgan fingerprint density at radius 2 is 2.29 bits per heavy atom. The van der Waals surface area contributed by atoms with Gasteiger partial charge < -0.3 is 10.1 Å². The first-order valence-corrected chi connectivity index (χ1v) is 5.84. The number of carbonyl (C=O) groups is 1. The molecular weight excluding hydrogens is 216 g/mol. The fraction of sp³-hybridized carbons (Fsp3) is 0.538. The van der Waals surface area contributed by atoms with Crippen molar-refractivity contribution in [1.29, 1.82) is 0 Å². The molecule has 0 radical (unpaired) electrons. The molecule has 0 aliphatic heterocycles. The molecule has 1 N–H and O–H groups in total. The average Bonchev–Trinajstić information content (AvgIpc) is 2.95. The molecule has 1 aliphatic carbocycles. The molecule has 1 aromatic rings. The predicted octanol–water partition coefficient (Wildman–Crippen LogP) is 2.46. The molecule has 0 saturated heterocycles. The topological polar surface area (TPSA) is 51.2 Å². The minimum atomic E-state index is -0.339. The van der Waals surface area contributed by atoms with Gasteiger partial charge in [0.25, 0.3) is 0 Å². The number of pyridine rings is 1. The highest BCUT2D eigenvalue weighted by Crippen LogP contribution is 2.42. The van der Waals surface area contributed by atoms with Gasteiger partial charge in [0.1, 0.15) is 6.10 Å². The average molecular weight is 234 g/mol. The number of rotatable bonds is 2. The summed E-state index contributed by atoms with van der Waals surface area (Å²) < 4.78 is 5.33. The van der Waals surface area contributed by atoms with Crippen LogP contribution in [-0.4, -0.2) is 22.7 Å². The molecule has 4 heteroatoms. The number of hydrogen-bond acceptors (Lipinski definition) is 3. The van der Waals surface area contributed by atoms with Crippen LogP contribution in [-0.2, 0) is 4.74 Å². The minimum Gasteiger partial charge on any atom is -0.446 e. The molecule has 92 valence electrons. The van der Waals surface area contributed by atoms with Gasteiger partial charge in [-0.2, -0.15) is 0 Å². The summed E-state index contributed by atoms with van der Waals surface area (Å²) in [5, 5.41) is 2.79. The number of nitrogens with zero attached hydrogens (tertiary/aromatic N) is 1. The van der Waals surface area contributed by atoms with E-state index in [1.807, 2.05) is 39.1 Å². The molecule has 0 spiro atoms. The zero-order valence-corrected chi connectivity index (χ0v) is 10.4. The minimum absolute atomic E-state index is 0.00144. The van der Waals surface area contributed by atoms with Gasteiger partial charge >= 0.3 is 6.09 Å². The summed E-state index contributed by atoms with van der Waals surface area (Å²) in [6.45, 7) is 5.79. The second-order valence-corrected chi connectivity index (χ2v) is 5.45. The highest BCUT2D eigenvalue weighted by molar-refractivity contribution is 5.68. The van der Waals surface area contributed by atoms with E-state index in [1.165, 1.54) is 0 Å². The van der Waals surface area contributed by atoms with Gasteiger partial charge in [-0.05, 0) is 38.8 Å². The summed E-state index contributed by atoms with van der Waals surface area (Å²) in [6, 6.07) is 3.92. The van der Waals surface area contributed by atoms with Crippen LogP contribution in [0.1, 0.15) is 38.7 Å². The van der Waals surface area contributed by atoms with Crippen LogP contribution < -0.4 is 5.32 Å². The normalized spacial score (nSPS) is 23.0. The third-order valence-electron chi connectivity index (χ3n) is 2.58. The second kappa shape index (κ2) is 4.35. The van der Waals surface area contributed by atoms with Crippen molar-refractivity contribution in [1.82, 2.24) is 10.3 Å². The van der Waals surface area contributed by atoms with Crippen LogP contribution in [0.3, 0.4) is 0 Å². The van der Waals surface area contributed by atoms with Crippen molar-refractivity contribution in [3.8, 4) is 0 Å². The first-order chi connectivity index (χ1) is 7.96. The number of amides is 1. The molecule has 2 rings (SSSR count). The van der Waals surface area contributed by atoms with E-state index in [4.69, 9.17) is 4.74 Å². The van der Waals surface area contributed by atoms with E-state index in [2.05, 4.69) is 10.3 Å². The number of ether oxygens (including phenoxy) is 1. The zero-order chi connectivity index (χ0) is 12.5. The number of carbonyl (C=O) groups excluding carboxylic acids is 1. The van der Waals surface area contributed by atoms with Gasteiger partial charge in [0.15, 0.2) is 0 Å². The number of alkyl carbamates (subject to hydrolysis) is 1. The Labute approximate surface area is 101 Å². The van der Waals surface area contributed by atoms with Gasteiger partial charge in [-0.25, -0.2) is 4.79 Å². The van der Waals surface area contributed by atoms with Crippen molar-refractivity contribution >= 4 is 6.09 Å². The lowest BCUT2D eigenvalue weighted by atomic mass is 10.1. The number of nitrogens with one attached hydrogen (secondary N) is 1. The Morgan fingerprint density at radius 3 is 2.88 bits per heavy atom. The van der Waals surface area contributed by atoms with E-state index in [0.29, 0.717) is 5.92 Å². The van der Waals surface area contributed by atoms with E-state index < -0.39 is 0 Å². The van der Waals surface area contributed by atoms with Crippen LogP contribution >= 0.6 is 0 Å². The fourth-order valence-corrected chi connectivity index (χ4v) is 1.72. The Morgan fingerprint density at radius 1 is 1.53 bits per heavy atom. The van der Waals surface area contributed by atoms with Gasteiger partial charge in [0.2, 0.25) is 0 Å². The lowest BCUT2D eigenvalue weighted by Gasteiger charge is -2.20. The third-order valence-corrected chi connectivity index (χ3v) is 2.58. The van der Waals surface area contributed by atoms with E-state index in [1.54, 1.807) is 6.20 Å². The largest absolute Gasteiger partial charge is 0.446 e. The SMILES string of the molecule is CC(C)(C)NC(=O)O[C@H]1C[C@@H]1c1cccnc1. The molecule has 0 bridgehead atoms. The maximum atomic E-state index is 11.5. The summed E-state index contributed by atoms with van der Waals surface area (Å²) in [4.78, 5) is 15.6. The van der Waals surface area contributed by atoms with Gasteiger partial charge in [0.05, 0.1) is 0 Å². The third kappa shape index (κ3) is 3.44. The first kappa shape index (κ1) is 11.9. The fourth-order valence-electron chi connectivity index (χ4n) is 1.72. The smallest absolute Gasteiger partial charge is 0.407 e. The van der Waals surface area contributed by atoms with Crippen LogP contribution in [0.2, 0.25) is 0 Å². The highest BCUT2D eigenvalue weighted by Gasteiger charge is 2.42. The molecule has 1 fully saturated rings. The summed E-state index contributed by atoms with van der Waals surface area (Å²) >= 11 is 0. The summed E-state index contributed by atoms with van der Waals surface area (Å²) in [5.74, 6) is 0.314. The van der Waals surface area contributed by atoms with Gasteiger partial charge in [-0.1, -0.05) is 6.07 Å². The van der Waals surface area contributed by atoms with E-state index in [-0.39, 0.29) is 17.7 Å². The molecule has 1 saturated carbocycles. The maximum absolute atomic E-state index is 11.5. The van der Waals surface area contributed by atoms with Crippen LogP contribution in [0.5, 0.6) is 0 Å². The summed E-state index contributed by atoms with van der Waals surface area (Å²) in [5.41, 5.74) is 0.886. The van der Waals surface area contributed by atoms with Crippen LogP contribution in [0, 0.1) is 0 Å². The second-order valence-electron chi connectivity index (χ2n) is 5.45. The maximum Gasteiger partial charge on any atom is 0.407 e. The Bertz CT molecular complexity index is 398. The van der Waals surface area contributed by atoms with Crippen molar-refractivity contribution in [2.45, 2.75) is 44.8 Å². The summed E-state index contributed by atoms with van der Waals surface area (Å²) in [7, 11) is 0. The molecule has 1 heterocycles. The van der Waals surface area contributed by atoms with Gasteiger partial charge in [0, 0.05) is 23.9 Å². The van der Waals surface area contributed by atoms with E-state index >= 15 is 0 Å². The molecule has 2 atom stereocenters. The van der Waals surface area contributed by atoms with Crippen molar-refractivity contribution in [2.24, 2.45) is 0 Å². The van der Waals surface area contributed by atoms with Crippen LogP contribution in [0.4, 0.5) is 4.79 Å². The quantitative estimate of drug-likeness (QED) is 0.855. The van der Waals surface area contributed by atoms with E-state index in [0.717, 1.165) is 12.0 Å². The summed E-state index contributed by atoms with van der Waals surface area (Å²) in [6.07, 6.45) is 4.13. The number of aromatic nitrogens is 1. The molecule has 0 aromatic carbocycles. The molecule has 4 nitrogen and oxygen atoms in total. The molecule has 1 aromatic heterocycles. The molecular formula is C13H18N2O2. The molecule has 1 amide bonds. The van der Waals surface area contributed by atoms with Crippen LogP contribution in [0.15, 0.2) is 24.5 Å². The Balaban J connectivity index is 1.83. The van der Waals surface area contributed by atoms with Gasteiger partial charge in [-0.3, -0.25) is 4.98 Å². The predicted molar refractivity (Wildman–Crippen MR) is 64.8 cm³/mol. The lowest BCUT2D eigenvalue weighted by molar-refractivity contribution is 0.128. The molecule has 1 aliphatic rings. The highest BCUT2D eigenvalue weighted by atomic mass is 16.6. The lowest BCUT2D eigenvalue weighted by Crippen LogP contribution is -2.41. The van der Waals surface area contributed by atoms with Crippen molar-refractivity contribution in [2.75, 3.05) is 0 Å². The van der Waals surface area contributed by atoms with E-state index in [9.17, 15) is 4.79 Å². The van der Waals surface area contributed by atoms with Gasteiger partial charge in [-0.15, -0.1) is 0 Å². The molecule has 17 heavy (non-hydrogen) atoms. The standard InChI is InChI=1S/C13H18N2O2/c1-13(2,3)15-12(16)17-11-7-10(11)9-5-4-6-14-8-9/h4-6,8,10-11H,7H2,1-3H3,(H,15,16)/t10-,11+/m1/s1.